The van der Waals surface area contributed by atoms with Gasteiger partial charge in [-0.2, -0.15) is 0 Å². The summed E-state index contributed by atoms with van der Waals surface area (Å²) in [6, 6.07) is 10.2. The van der Waals surface area contributed by atoms with Gasteiger partial charge in [0, 0.05) is 6.04 Å². The first-order valence-corrected chi connectivity index (χ1v) is 7.20. The Morgan fingerprint density at radius 1 is 1.26 bits per heavy atom. The van der Waals surface area contributed by atoms with E-state index >= 15 is 0 Å². The fourth-order valence-electron chi connectivity index (χ4n) is 2.78. The van der Waals surface area contributed by atoms with Gasteiger partial charge in [0.25, 0.3) is 0 Å². The summed E-state index contributed by atoms with van der Waals surface area (Å²) in [4.78, 5) is 0. The number of benzene rings is 1. The Morgan fingerprint density at radius 2 is 1.95 bits per heavy atom. The highest BCUT2D eigenvalue weighted by Gasteiger charge is 2.29. The van der Waals surface area contributed by atoms with Crippen LogP contribution in [0.15, 0.2) is 30.3 Å². The largest absolute Gasteiger partial charge is 0.383 e. The van der Waals surface area contributed by atoms with Crippen LogP contribution < -0.4 is 5.32 Å². The van der Waals surface area contributed by atoms with E-state index in [1.54, 1.807) is 0 Å². The molecule has 0 radical (unpaired) electrons. The molecule has 0 spiro atoms. The number of ether oxygens (including phenoxy) is 1. The van der Waals surface area contributed by atoms with Gasteiger partial charge >= 0.3 is 0 Å². The van der Waals surface area contributed by atoms with Gasteiger partial charge in [0.05, 0.1) is 12.7 Å². The standard InChI is InChI=1S/C16H25NO2/c1-16(18,13-8-4-3-5-9-13)12-19-15-11-7-6-10-14(15)17-2/h3-5,8-9,14-15,17-18H,6-7,10-12H2,1-2H3. The van der Waals surface area contributed by atoms with Crippen LogP contribution in [0.3, 0.4) is 0 Å². The first kappa shape index (κ1) is 14.5. The van der Waals surface area contributed by atoms with Crippen molar-refractivity contribution >= 4 is 0 Å². The molecular formula is C16H25NO2. The summed E-state index contributed by atoms with van der Waals surface area (Å²) < 4.78 is 5.99. The van der Waals surface area contributed by atoms with Crippen LogP contribution in [0.5, 0.6) is 0 Å². The lowest BCUT2D eigenvalue weighted by Gasteiger charge is -2.34. The highest BCUT2D eigenvalue weighted by molar-refractivity contribution is 5.21. The summed E-state index contributed by atoms with van der Waals surface area (Å²) in [7, 11) is 1.99. The molecule has 0 heterocycles. The third-order valence-corrected chi connectivity index (χ3v) is 4.05. The number of hydrogen-bond acceptors (Lipinski definition) is 3. The average molecular weight is 263 g/mol. The Morgan fingerprint density at radius 3 is 2.63 bits per heavy atom. The molecule has 0 aliphatic heterocycles. The van der Waals surface area contributed by atoms with Gasteiger partial charge < -0.3 is 15.2 Å². The second-order valence-corrected chi connectivity index (χ2v) is 5.67. The van der Waals surface area contributed by atoms with Gasteiger partial charge in [0.15, 0.2) is 0 Å². The minimum Gasteiger partial charge on any atom is -0.383 e. The van der Waals surface area contributed by atoms with Crippen molar-refractivity contribution in [1.29, 1.82) is 0 Å². The first-order valence-electron chi connectivity index (χ1n) is 7.20. The van der Waals surface area contributed by atoms with Crippen LogP contribution in [-0.4, -0.2) is 30.9 Å². The Kier molecular flexibility index (Phi) is 4.97. The molecule has 2 rings (SSSR count). The highest BCUT2D eigenvalue weighted by atomic mass is 16.5. The molecule has 3 nitrogen and oxygen atoms in total. The fourth-order valence-corrected chi connectivity index (χ4v) is 2.78. The van der Waals surface area contributed by atoms with Gasteiger partial charge in [-0.15, -0.1) is 0 Å². The number of rotatable bonds is 5. The SMILES string of the molecule is CNC1CCCCC1OCC(C)(O)c1ccccc1. The zero-order chi connectivity index (χ0) is 13.7. The van der Waals surface area contributed by atoms with Crippen molar-refractivity contribution in [1.82, 2.24) is 5.32 Å². The molecule has 3 atom stereocenters. The Hall–Kier alpha value is -0.900. The van der Waals surface area contributed by atoms with E-state index in [9.17, 15) is 5.11 Å². The van der Waals surface area contributed by atoms with E-state index in [0.717, 1.165) is 18.4 Å². The van der Waals surface area contributed by atoms with Gasteiger partial charge in [-0.05, 0) is 32.4 Å². The van der Waals surface area contributed by atoms with Crippen LogP contribution in [0, 0.1) is 0 Å². The first-order chi connectivity index (χ1) is 9.13. The Balaban J connectivity index is 1.93. The summed E-state index contributed by atoms with van der Waals surface area (Å²) in [5.74, 6) is 0. The van der Waals surface area contributed by atoms with Gasteiger partial charge in [0.2, 0.25) is 0 Å². The van der Waals surface area contributed by atoms with Gasteiger partial charge in [0.1, 0.15) is 5.60 Å². The van der Waals surface area contributed by atoms with E-state index in [4.69, 9.17) is 4.74 Å². The maximum Gasteiger partial charge on any atom is 0.110 e. The van der Waals surface area contributed by atoms with E-state index in [1.165, 1.54) is 12.8 Å². The smallest absolute Gasteiger partial charge is 0.110 e. The summed E-state index contributed by atoms with van der Waals surface area (Å²) in [5.41, 5.74) is -0.0106. The molecule has 1 aliphatic carbocycles. The minimum absolute atomic E-state index is 0.217. The summed E-state index contributed by atoms with van der Waals surface area (Å²) in [6.45, 7) is 2.17. The molecule has 1 aliphatic rings. The van der Waals surface area contributed by atoms with Crippen LogP contribution in [0.4, 0.5) is 0 Å². The Bertz CT molecular complexity index is 378. The molecule has 2 N–H and O–H groups in total. The van der Waals surface area contributed by atoms with Crippen molar-refractivity contribution in [2.45, 2.75) is 50.4 Å². The maximum absolute atomic E-state index is 10.5. The maximum atomic E-state index is 10.5. The van der Waals surface area contributed by atoms with Crippen LogP contribution >= 0.6 is 0 Å². The molecule has 3 heteroatoms. The zero-order valence-corrected chi connectivity index (χ0v) is 11.9. The molecular weight excluding hydrogens is 238 g/mol. The zero-order valence-electron chi connectivity index (χ0n) is 11.9. The number of nitrogens with one attached hydrogen (secondary N) is 1. The molecule has 1 aromatic carbocycles. The van der Waals surface area contributed by atoms with Crippen LogP contribution in [0.1, 0.15) is 38.2 Å². The lowest BCUT2D eigenvalue weighted by atomic mass is 9.92. The van der Waals surface area contributed by atoms with Crippen molar-refractivity contribution in [2.75, 3.05) is 13.7 Å². The third-order valence-electron chi connectivity index (χ3n) is 4.05. The molecule has 19 heavy (non-hydrogen) atoms. The molecule has 1 fully saturated rings. The van der Waals surface area contributed by atoms with E-state index in [-0.39, 0.29) is 6.10 Å². The fraction of sp³-hybridized carbons (Fsp3) is 0.625. The average Bonchev–Trinajstić information content (AvgIpc) is 2.46. The van der Waals surface area contributed by atoms with Crippen LogP contribution in [-0.2, 0) is 10.3 Å². The summed E-state index contributed by atoms with van der Waals surface area (Å²) >= 11 is 0. The lowest BCUT2D eigenvalue weighted by Crippen LogP contribution is -2.43. The second kappa shape index (κ2) is 6.51. The molecule has 106 valence electrons. The number of likely N-dealkylation sites (N-methyl/N-ethyl adjacent to an activating group) is 1. The van der Waals surface area contributed by atoms with E-state index in [1.807, 2.05) is 44.3 Å². The Labute approximate surface area is 116 Å². The van der Waals surface area contributed by atoms with Crippen molar-refractivity contribution in [3.8, 4) is 0 Å². The van der Waals surface area contributed by atoms with Crippen LogP contribution in [0.25, 0.3) is 0 Å². The topological polar surface area (TPSA) is 41.5 Å². The molecule has 0 saturated heterocycles. The van der Waals surface area contributed by atoms with Gasteiger partial charge in [-0.1, -0.05) is 43.2 Å². The van der Waals surface area contributed by atoms with E-state index in [2.05, 4.69) is 5.32 Å². The molecule has 1 aromatic rings. The molecule has 0 amide bonds. The third kappa shape index (κ3) is 3.78. The molecule has 1 saturated carbocycles. The van der Waals surface area contributed by atoms with E-state index in [0.29, 0.717) is 12.6 Å². The quantitative estimate of drug-likeness (QED) is 0.857. The second-order valence-electron chi connectivity index (χ2n) is 5.67. The normalized spacial score (nSPS) is 26.9. The highest BCUT2D eigenvalue weighted by Crippen LogP contribution is 2.25. The van der Waals surface area contributed by atoms with Crippen molar-refractivity contribution in [3.63, 3.8) is 0 Å². The van der Waals surface area contributed by atoms with Crippen molar-refractivity contribution < 1.29 is 9.84 Å². The van der Waals surface area contributed by atoms with Crippen LogP contribution in [0.2, 0.25) is 0 Å². The number of aliphatic hydroxyl groups is 1. The summed E-state index contributed by atoms with van der Waals surface area (Å²) in [6.07, 6.45) is 4.94. The lowest BCUT2D eigenvalue weighted by molar-refractivity contribution is -0.0835. The molecule has 3 unspecified atom stereocenters. The monoisotopic (exact) mass is 263 g/mol. The molecule has 0 aromatic heterocycles. The van der Waals surface area contributed by atoms with Gasteiger partial charge in [-0.3, -0.25) is 0 Å². The minimum atomic E-state index is -0.920. The van der Waals surface area contributed by atoms with E-state index < -0.39 is 5.60 Å². The predicted molar refractivity (Wildman–Crippen MR) is 77.1 cm³/mol. The van der Waals surface area contributed by atoms with Crippen molar-refractivity contribution in [3.05, 3.63) is 35.9 Å². The summed E-state index contributed by atoms with van der Waals surface area (Å²) in [5, 5.41) is 13.9. The van der Waals surface area contributed by atoms with Gasteiger partial charge in [-0.25, -0.2) is 0 Å². The van der Waals surface area contributed by atoms with Crippen molar-refractivity contribution in [2.24, 2.45) is 0 Å². The molecule has 0 bridgehead atoms. The predicted octanol–water partition coefficient (Wildman–Crippen LogP) is 2.44. The number of hydrogen-bond donors (Lipinski definition) is 2.